The lowest BCUT2D eigenvalue weighted by atomic mass is 9.80. The molecule has 1 aromatic carbocycles. The van der Waals surface area contributed by atoms with Gasteiger partial charge in [0.2, 0.25) is 11.8 Å². The van der Waals surface area contributed by atoms with Crippen molar-refractivity contribution in [1.82, 2.24) is 14.7 Å². The summed E-state index contributed by atoms with van der Waals surface area (Å²) in [5.41, 5.74) is 1.05. The van der Waals surface area contributed by atoms with Crippen LogP contribution in [0.5, 0.6) is 0 Å². The van der Waals surface area contributed by atoms with Crippen LogP contribution in [0.25, 0.3) is 0 Å². The highest BCUT2D eigenvalue weighted by atomic mass is 19.1. The first-order valence-corrected chi connectivity index (χ1v) is 13.5. The molecule has 6 nitrogen and oxygen atoms in total. The number of piperazine rings is 1. The minimum absolute atomic E-state index is 0.00684. The topological polar surface area (TPSA) is 67.7 Å². The van der Waals surface area contributed by atoms with E-state index in [-0.39, 0.29) is 53.8 Å². The molecule has 1 aromatic rings. The SMILES string of the molecule is C[C@@H](CN1C[C@H]2C[C@@H]1C(=O)N2[C@@H](c1ccc(F)cc1)C1CCCCC1)C(=O)N1C2C[C@H]2C[C@H]1C#N. The van der Waals surface area contributed by atoms with Crippen molar-refractivity contribution in [3.05, 3.63) is 35.6 Å². The second-order valence-electron chi connectivity index (χ2n) is 11.6. The summed E-state index contributed by atoms with van der Waals surface area (Å²) in [4.78, 5) is 33.1. The summed E-state index contributed by atoms with van der Waals surface area (Å²) in [6.45, 7) is 3.30. The number of fused-ring (bicyclic) bond motifs is 3. The summed E-state index contributed by atoms with van der Waals surface area (Å²) in [5, 5.41) is 9.48. The van der Waals surface area contributed by atoms with Gasteiger partial charge in [0.05, 0.1) is 18.2 Å². The Hall–Kier alpha value is -2.46. The quantitative estimate of drug-likeness (QED) is 0.622. The lowest BCUT2D eigenvalue weighted by Crippen LogP contribution is -2.54. The molecule has 0 aromatic heterocycles. The number of hydrogen-bond acceptors (Lipinski definition) is 4. The van der Waals surface area contributed by atoms with Gasteiger partial charge in [-0.15, -0.1) is 0 Å². The second-order valence-corrected chi connectivity index (χ2v) is 11.6. The minimum Gasteiger partial charge on any atom is -0.330 e. The van der Waals surface area contributed by atoms with Crippen molar-refractivity contribution in [2.24, 2.45) is 17.8 Å². The molecule has 2 amide bonds. The van der Waals surface area contributed by atoms with Crippen LogP contribution in [0, 0.1) is 34.9 Å². The van der Waals surface area contributed by atoms with Gasteiger partial charge in [-0.2, -0.15) is 5.26 Å². The predicted molar refractivity (Wildman–Crippen MR) is 128 cm³/mol. The third-order valence-electron chi connectivity index (χ3n) is 9.36. The molecule has 0 spiro atoms. The van der Waals surface area contributed by atoms with Gasteiger partial charge in [-0.1, -0.05) is 38.3 Å². The lowest BCUT2D eigenvalue weighted by molar-refractivity contribution is -0.144. The van der Waals surface area contributed by atoms with Crippen LogP contribution in [0.4, 0.5) is 4.39 Å². The Morgan fingerprint density at radius 3 is 2.57 bits per heavy atom. The van der Waals surface area contributed by atoms with Gasteiger partial charge >= 0.3 is 0 Å². The molecule has 7 atom stereocenters. The fourth-order valence-corrected chi connectivity index (χ4v) is 7.60. The Morgan fingerprint density at radius 2 is 1.89 bits per heavy atom. The molecule has 35 heavy (non-hydrogen) atoms. The molecule has 186 valence electrons. The van der Waals surface area contributed by atoms with E-state index in [9.17, 15) is 19.2 Å². The zero-order chi connectivity index (χ0) is 24.3. The molecular weight excluding hydrogens is 443 g/mol. The highest BCUT2D eigenvalue weighted by molar-refractivity contribution is 5.86. The van der Waals surface area contributed by atoms with Gasteiger partial charge in [0, 0.05) is 31.1 Å². The first-order chi connectivity index (χ1) is 17.0. The molecule has 2 aliphatic carbocycles. The fourth-order valence-electron chi connectivity index (χ4n) is 7.60. The summed E-state index contributed by atoms with van der Waals surface area (Å²) in [7, 11) is 0. The monoisotopic (exact) mass is 478 g/mol. The third kappa shape index (κ3) is 3.94. The third-order valence-corrected chi connectivity index (χ3v) is 9.36. The Balaban J connectivity index is 1.16. The van der Waals surface area contributed by atoms with Crippen LogP contribution in [0.2, 0.25) is 0 Å². The van der Waals surface area contributed by atoms with Crippen LogP contribution < -0.4 is 0 Å². The molecule has 5 fully saturated rings. The number of benzene rings is 1. The van der Waals surface area contributed by atoms with Gasteiger partial charge in [0.25, 0.3) is 0 Å². The standard InChI is InChI=1S/C28H35FN4O2/c1-17(27(34)32-22(14-30)11-20-12-24(20)32)15-31-16-23-13-25(31)28(35)33(23)26(18-5-3-2-4-6-18)19-7-9-21(29)10-8-19/h7-10,17-18,20,22-26H,2-6,11-13,15-16H2,1H3/t17-,20+,22-,23+,24?,25+,26+/m0/s1. The molecule has 3 heterocycles. The van der Waals surface area contributed by atoms with Gasteiger partial charge in [-0.25, -0.2) is 4.39 Å². The maximum absolute atomic E-state index is 13.7. The van der Waals surface area contributed by atoms with Gasteiger partial charge in [-0.3, -0.25) is 14.5 Å². The Morgan fingerprint density at radius 1 is 1.14 bits per heavy atom. The Kier molecular flexibility index (Phi) is 5.83. The van der Waals surface area contributed by atoms with Gasteiger partial charge in [0.1, 0.15) is 11.9 Å². The number of halogens is 1. The fraction of sp³-hybridized carbons (Fsp3) is 0.679. The van der Waals surface area contributed by atoms with Crippen molar-refractivity contribution in [3.63, 3.8) is 0 Å². The van der Waals surface area contributed by atoms with Gasteiger partial charge < -0.3 is 9.80 Å². The molecule has 2 bridgehead atoms. The summed E-state index contributed by atoms with van der Waals surface area (Å²) in [6, 6.07) is 9.00. The van der Waals surface area contributed by atoms with E-state index in [0.29, 0.717) is 18.4 Å². The number of carbonyl (C=O) groups excluding carboxylic acids is 2. The number of rotatable bonds is 6. The number of hydrogen-bond donors (Lipinski definition) is 0. The highest BCUT2D eigenvalue weighted by Crippen LogP contribution is 2.49. The summed E-state index contributed by atoms with van der Waals surface area (Å²) < 4.78 is 13.7. The van der Waals surface area contributed by atoms with Crippen molar-refractivity contribution in [2.75, 3.05) is 13.1 Å². The van der Waals surface area contributed by atoms with E-state index in [4.69, 9.17) is 0 Å². The summed E-state index contributed by atoms with van der Waals surface area (Å²) >= 11 is 0. The number of piperidine rings is 1. The van der Waals surface area contributed by atoms with Crippen molar-refractivity contribution in [1.29, 1.82) is 5.26 Å². The zero-order valence-corrected chi connectivity index (χ0v) is 20.5. The van der Waals surface area contributed by atoms with Crippen molar-refractivity contribution in [3.8, 4) is 6.07 Å². The van der Waals surface area contributed by atoms with Crippen LogP contribution in [0.15, 0.2) is 24.3 Å². The zero-order valence-electron chi connectivity index (χ0n) is 20.5. The molecule has 0 N–H and O–H groups in total. The van der Waals surface area contributed by atoms with E-state index >= 15 is 0 Å². The van der Waals surface area contributed by atoms with E-state index in [1.54, 1.807) is 0 Å². The minimum atomic E-state index is -0.284. The van der Waals surface area contributed by atoms with Gasteiger partial charge in [0.15, 0.2) is 0 Å². The van der Waals surface area contributed by atoms with E-state index < -0.39 is 0 Å². The maximum atomic E-state index is 13.7. The van der Waals surface area contributed by atoms with Crippen LogP contribution in [-0.2, 0) is 9.59 Å². The molecule has 5 aliphatic rings. The first kappa shape index (κ1) is 23.0. The number of carbonyl (C=O) groups is 2. The molecule has 0 radical (unpaired) electrons. The van der Waals surface area contributed by atoms with Crippen LogP contribution in [-0.4, -0.2) is 63.8 Å². The second kappa shape index (κ2) is 8.89. The number of nitriles is 1. The summed E-state index contributed by atoms with van der Waals surface area (Å²) in [6.07, 6.45) is 8.49. The molecule has 6 rings (SSSR count). The Bertz CT molecular complexity index is 1030. The van der Waals surface area contributed by atoms with E-state index in [1.807, 2.05) is 24.0 Å². The molecule has 3 saturated heterocycles. The van der Waals surface area contributed by atoms with Gasteiger partial charge in [-0.05, 0) is 61.6 Å². The smallest absolute Gasteiger partial charge is 0.240 e. The lowest BCUT2D eigenvalue weighted by Gasteiger charge is -2.43. The van der Waals surface area contributed by atoms with E-state index in [0.717, 1.165) is 44.2 Å². The normalized spacial score (nSPS) is 34.1. The van der Waals surface area contributed by atoms with Crippen molar-refractivity contribution >= 4 is 11.8 Å². The average Bonchev–Trinajstić information content (AvgIpc) is 3.19. The molecule has 7 heteroatoms. The summed E-state index contributed by atoms with van der Waals surface area (Å²) in [5.74, 6) is 0.688. The largest absolute Gasteiger partial charge is 0.330 e. The molecular formula is C28H35FN4O2. The molecule has 3 aliphatic heterocycles. The van der Waals surface area contributed by atoms with E-state index in [1.165, 1.54) is 31.4 Å². The van der Waals surface area contributed by atoms with Crippen molar-refractivity contribution < 1.29 is 14.0 Å². The Labute approximate surface area is 207 Å². The highest BCUT2D eigenvalue weighted by Gasteiger charge is 2.56. The molecule has 1 unspecified atom stereocenters. The van der Waals surface area contributed by atoms with E-state index in [2.05, 4.69) is 15.9 Å². The number of amides is 2. The van der Waals surface area contributed by atoms with Crippen molar-refractivity contribution in [2.45, 2.75) is 88.5 Å². The van der Waals surface area contributed by atoms with Crippen LogP contribution in [0.3, 0.4) is 0 Å². The predicted octanol–water partition coefficient (Wildman–Crippen LogP) is 3.88. The first-order valence-electron chi connectivity index (χ1n) is 13.5. The van der Waals surface area contributed by atoms with Crippen LogP contribution >= 0.6 is 0 Å². The number of nitrogens with zero attached hydrogens (tertiary/aromatic N) is 4. The van der Waals surface area contributed by atoms with Crippen LogP contribution in [0.1, 0.15) is 69.9 Å². The molecule has 2 saturated carbocycles. The average molecular weight is 479 g/mol. The maximum Gasteiger partial charge on any atom is 0.240 e. The number of likely N-dealkylation sites (tertiary alicyclic amines) is 3.